The Morgan fingerprint density at radius 2 is 2.00 bits per heavy atom. The zero-order chi connectivity index (χ0) is 8.59. The zero-order valence-electron chi connectivity index (χ0n) is 6.47. The molecule has 60 valence electrons. The summed E-state index contributed by atoms with van der Waals surface area (Å²) < 4.78 is 5.12. The van der Waals surface area contributed by atoms with E-state index in [0.29, 0.717) is 11.4 Å². The molecule has 4 heteroatoms. The van der Waals surface area contributed by atoms with E-state index in [9.17, 15) is 0 Å². The van der Waals surface area contributed by atoms with Crippen molar-refractivity contribution in [1.82, 2.24) is 0 Å². The van der Waals surface area contributed by atoms with Crippen molar-refractivity contribution < 1.29 is 4.42 Å². The Morgan fingerprint density at radius 3 is 2.18 bits per heavy atom. The van der Waals surface area contributed by atoms with Crippen molar-refractivity contribution in [2.75, 3.05) is 5.73 Å². The highest BCUT2D eigenvalue weighted by molar-refractivity contribution is 7.80. The van der Waals surface area contributed by atoms with E-state index >= 15 is 0 Å². The molecular weight excluding hydrogens is 160 g/mol. The fourth-order valence-electron chi connectivity index (χ4n) is 0.960. The summed E-state index contributed by atoms with van der Waals surface area (Å²) in [7, 11) is 0. The lowest BCUT2D eigenvalue weighted by Crippen LogP contribution is -2.11. The third-order valence-corrected chi connectivity index (χ3v) is 1.86. The van der Waals surface area contributed by atoms with Gasteiger partial charge in [-0.3, -0.25) is 0 Å². The summed E-state index contributed by atoms with van der Waals surface area (Å²) in [5.74, 6) is 1.08. The highest BCUT2D eigenvalue weighted by Crippen LogP contribution is 2.22. The van der Waals surface area contributed by atoms with Crippen LogP contribution in [0.15, 0.2) is 4.42 Å². The molecule has 0 fully saturated rings. The summed E-state index contributed by atoms with van der Waals surface area (Å²) in [6.07, 6.45) is 0. The van der Waals surface area contributed by atoms with Gasteiger partial charge < -0.3 is 15.9 Å². The molecule has 0 saturated carbocycles. The van der Waals surface area contributed by atoms with Gasteiger partial charge in [-0.25, -0.2) is 0 Å². The number of rotatable bonds is 1. The van der Waals surface area contributed by atoms with Crippen LogP contribution in [0.25, 0.3) is 0 Å². The Hall–Kier alpha value is -1.03. The van der Waals surface area contributed by atoms with Gasteiger partial charge in [0.15, 0.2) is 0 Å². The van der Waals surface area contributed by atoms with E-state index in [1.54, 1.807) is 0 Å². The van der Waals surface area contributed by atoms with Crippen LogP contribution >= 0.6 is 12.2 Å². The molecule has 0 aliphatic carbocycles. The minimum absolute atomic E-state index is 0.289. The molecule has 0 atom stereocenters. The molecule has 0 saturated heterocycles. The molecule has 0 bridgehead atoms. The number of thiocarbonyl (C=S) groups is 1. The van der Waals surface area contributed by atoms with Crippen LogP contribution in [0.2, 0.25) is 0 Å². The van der Waals surface area contributed by atoms with Crippen LogP contribution in [0, 0.1) is 13.8 Å². The molecule has 0 radical (unpaired) electrons. The summed E-state index contributed by atoms with van der Waals surface area (Å²) in [5, 5.41) is 0. The fourth-order valence-corrected chi connectivity index (χ4v) is 1.21. The predicted molar refractivity (Wildman–Crippen MR) is 48.5 cm³/mol. The fraction of sp³-hybridized carbons (Fsp3) is 0.286. The van der Waals surface area contributed by atoms with Crippen LogP contribution in [0.3, 0.4) is 0 Å². The Bertz CT molecular complexity index is 304. The standard InChI is InChI=1S/C7H10N2OS/c1-3-4(2)10-6(8)5(3)7(9)11/h8H2,1-2H3,(H2,9,11). The summed E-state index contributed by atoms with van der Waals surface area (Å²) in [6.45, 7) is 3.71. The van der Waals surface area contributed by atoms with Crippen LogP contribution in [-0.2, 0) is 0 Å². The molecule has 3 nitrogen and oxygen atoms in total. The SMILES string of the molecule is Cc1oc(N)c(C(N)=S)c1C. The van der Waals surface area contributed by atoms with Crippen LogP contribution in [0.1, 0.15) is 16.9 Å². The molecule has 0 spiro atoms. The lowest BCUT2D eigenvalue weighted by Gasteiger charge is -1.94. The molecule has 1 aromatic rings. The summed E-state index contributed by atoms with van der Waals surface area (Å²) >= 11 is 4.79. The topological polar surface area (TPSA) is 65.2 Å². The van der Waals surface area contributed by atoms with Gasteiger partial charge in [0.2, 0.25) is 5.88 Å². The van der Waals surface area contributed by atoms with E-state index in [1.807, 2.05) is 13.8 Å². The van der Waals surface area contributed by atoms with E-state index in [-0.39, 0.29) is 4.99 Å². The first-order valence-corrected chi connectivity index (χ1v) is 3.60. The second kappa shape index (κ2) is 2.54. The van der Waals surface area contributed by atoms with Crippen molar-refractivity contribution in [3.05, 3.63) is 16.9 Å². The first-order valence-electron chi connectivity index (χ1n) is 3.19. The minimum Gasteiger partial charge on any atom is -0.445 e. The quantitative estimate of drug-likeness (QED) is 0.620. The van der Waals surface area contributed by atoms with E-state index in [1.165, 1.54) is 0 Å². The highest BCUT2D eigenvalue weighted by atomic mass is 32.1. The van der Waals surface area contributed by atoms with Gasteiger partial charge in [0.25, 0.3) is 0 Å². The smallest absolute Gasteiger partial charge is 0.201 e. The summed E-state index contributed by atoms with van der Waals surface area (Å²) in [4.78, 5) is 0.289. The van der Waals surface area contributed by atoms with Gasteiger partial charge in [-0.05, 0) is 13.8 Å². The van der Waals surface area contributed by atoms with E-state index in [2.05, 4.69) is 0 Å². The Balaban J connectivity index is 3.34. The third kappa shape index (κ3) is 1.21. The van der Waals surface area contributed by atoms with Gasteiger partial charge >= 0.3 is 0 Å². The largest absolute Gasteiger partial charge is 0.445 e. The van der Waals surface area contributed by atoms with Gasteiger partial charge in [0.1, 0.15) is 10.7 Å². The molecule has 0 aromatic carbocycles. The van der Waals surface area contributed by atoms with Crippen molar-refractivity contribution in [1.29, 1.82) is 0 Å². The molecule has 4 N–H and O–H groups in total. The van der Waals surface area contributed by atoms with Gasteiger partial charge in [-0.2, -0.15) is 0 Å². The number of aryl methyl sites for hydroxylation is 1. The van der Waals surface area contributed by atoms with Gasteiger partial charge in [-0.15, -0.1) is 0 Å². The van der Waals surface area contributed by atoms with E-state index in [4.69, 9.17) is 28.1 Å². The third-order valence-electron chi connectivity index (χ3n) is 1.66. The Kier molecular flexibility index (Phi) is 1.87. The molecule has 1 aromatic heterocycles. The predicted octanol–water partition coefficient (Wildman–Crippen LogP) is 1.11. The molecule has 0 aliphatic rings. The number of anilines is 1. The molecule has 1 rings (SSSR count). The van der Waals surface area contributed by atoms with Crippen LogP contribution in [0.5, 0.6) is 0 Å². The number of hydrogen-bond donors (Lipinski definition) is 2. The summed E-state index contributed by atoms with van der Waals surface area (Å²) in [5.41, 5.74) is 12.5. The highest BCUT2D eigenvalue weighted by Gasteiger charge is 2.13. The number of nitrogen functional groups attached to an aromatic ring is 1. The Morgan fingerprint density at radius 1 is 1.45 bits per heavy atom. The van der Waals surface area contributed by atoms with Gasteiger partial charge in [0.05, 0.1) is 5.56 Å². The van der Waals surface area contributed by atoms with Crippen LogP contribution < -0.4 is 11.5 Å². The number of furan rings is 1. The first kappa shape index (κ1) is 8.07. The second-order valence-corrected chi connectivity index (χ2v) is 2.83. The Labute approximate surface area is 70.4 Å². The molecule has 0 amide bonds. The molecule has 0 aliphatic heterocycles. The average molecular weight is 170 g/mol. The molecule has 0 unspecified atom stereocenters. The molecule has 11 heavy (non-hydrogen) atoms. The second-order valence-electron chi connectivity index (χ2n) is 2.39. The maximum absolute atomic E-state index is 5.51. The first-order chi connectivity index (χ1) is 5.04. The average Bonchev–Trinajstić information content (AvgIpc) is 2.07. The maximum atomic E-state index is 5.51. The van der Waals surface area contributed by atoms with Crippen molar-refractivity contribution >= 4 is 23.1 Å². The minimum atomic E-state index is 0.289. The molecule has 1 heterocycles. The zero-order valence-corrected chi connectivity index (χ0v) is 7.29. The lowest BCUT2D eigenvalue weighted by molar-refractivity contribution is 0.550. The van der Waals surface area contributed by atoms with Crippen molar-refractivity contribution in [2.24, 2.45) is 5.73 Å². The maximum Gasteiger partial charge on any atom is 0.201 e. The number of nitrogens with two attached hydrogens (primary N) is 2. The molecular formula is C7H10N2OS. The summed E-state index contributed by atoms with van der Waals surface area (Å²) in [6, 6.07) is 0. The normalized spacial score (nSPS) is 10.0. The van der Waals surface area contributed by atoms with Crippen molar-refractivity contribution in [3.8, 4) is 0 Å². The van der Waals surface area contributed by atoms with Gasteiger partial charge in [-0.1, -0.05) is 12.2 Å². The van der Waals surface area contributed by atoms with E-state index in [0.717, 1.165) is 11.3 Å². The van der Waals surface area contributed by atoms with Crippen LogP contribution in [0.4, 0.5) is 5.88 Å². The lowest BCUT2D eigenvalue weighted by atomic mass is 10.2. The van der Waals surface area contributed by atoms with Gasteiger partial charge in [0, 0.05) is 5.56 Å². The number of hydrogen-bond acceptors (Lipinski definition) is 3. The van der Waals surface area contributed by atoms with Crippen molar-refractivity contribution in [3.63, 3.8) is 0 Å². The monoisotopic (exact) mass is 170 g/mol. The van der Waals surface area contributed by atoms with E-state index < -0.39 is 0 Å². The van der Waals surface area contributed by atoms with Crippen molar-refractivity contribution in [2.45, 2.75) is 13.8 Å². The van der Waals surface area contributed by atoms with Crippen LogP contribution in [-0.4, -0.2) is 4.99 Å².